The second kappa shape index (κ2) is 8.89. The predicted octanol–water partition coefficient (Wildman–Crippen LogP) is 5.45. The van der Waals surface area contributed by atoms with Gasteiger partial charge in [0, 0.05) is 38.3 Å². The Balaban J connectivity index is 1.43. The number of halogens is 1. The summed E-state index contributed by atoms with van der Waals surface area (Å²) in [6, 6.07) is 15.6. The number of hydrogen-bond donors (Lipinski definition) is 0. The summed E-state index contributed by atoms with van der Waals surface area (Å²) in [6.07, 6.45) is 0.665. The highest BCUT2D eigenvalue weighted by atomic mass is 19.1. The maximum absolute atomic E-state index is 13.2. The Kier molecular flexibility index (Phi) is 6.18. The Bertz CT molecular complexity index is 1060. The first-order chi connectivity index (χ1) is 15.2. The minimum atomic E-state index is -0.215. The Morgan fingerprint density at radius 3 is 1.97 bits per heavy atom. The van der Waals surface area contributed by atoms with Gasteiger partial charge in [0.1, 0.15) is 5.82 Å². The molecule has 1 fully saturated rings. The van der Waals surface area contributed by atoms with Gasteiger partial charge in [-0.3, -0.25) is 0 Å². The first kappa shape index (κ1) is 22.3. The molecule has 1 saturated heterocycles. The van der Waals surface area contributed by atoms with Crippen molar-refractivity contribution in [1.82, 2.24) is 10.2 Å². The summed E-state index contributed by atoms with van der Waals surface area (Å²) in [5.74, 6) is 0.764. The van der Waals surface area contributed by atoms with E-state index in [0.717, 1.165) is 43.3 Å². The Morgan fingerprint density at radius 2 is 1.38 bits per heavy atom. The van der Waals surface area contributed by atoms with Crippen LogP contribution in [0.4, 0.5) is 15.9 Å². The molecule has 2 aromatic carbocycles. The van der Waals surface area contributed by atoms with Gasteiger partial charge in [-0.25, -0.2) is 4.39 Å². The number of piperazine rings is 1. The van der Waals surface area contributed by atoms with Gasteiger partial charge >= 0.3 is 0 Å². The van der Waals surface area contributed by atoms with E-state index in [1.807, 2.05) is 12.1 Å². The molecular formula is C27H33FN4. The molecule has 0 saturated carbocycles. The van der Waals surface area contributed by atoms with E-state index in [2.05, 4.69) is 78.9 Å². The van der Waals surface area contributed by atoms with Crippen molar-refractivity contribution in [1.29, 1.82) is 0 Å². The van der Waals surface area contributed by atoms with Gasteiger partial charge < -0.3 is 9.80 Å². The van der Waals surface area contributed by atoms with Crippen LogP contribution >= 0.6 is 0 Å². The topological polar surface area (TPSA) is 32.3 Å². The van der Waals surface area contributed by atoms with Crippen LogP contribution in [0.25, 0.3) is 0 Å². The van der Waals surface area contributed by atoms with Crippen LogP contribution in [0.2, 0.25) is 0 Å². The van der Waals surface area contributed by atoms with E-state index in [9.17, 15) is 4.39 Å². The van der Waals surface area contributed by atoms with Gasteiger partial charge in [-0.15, -0.1) is 5.10 Å². The number of rotatable bonds is 4. The minimum Gasteiger partial charge on any atom is -0.368 e. The molecule has 0 spiro atoms. The summed E-state index contributed by atoms with van der Waals surface area (Å²) in [7, 11) is 0. The molecule has 0 atom stereocenters. The molecule has 2 heterocycles. The number of aromatic nitrogens is 2. The maximum atomic E-state index is 13.2. The van der Waals surface area contributed by atoms with Crippen LogP contribution in [-0.2, 0) is 11.8 Å². The Hall–Kier alpha value is -2.95. The fourth-order valence-electron chi connectivity index (χ4n) is 4.25. The van der Waals surface area contributed by atoms with Gasteiger partial charge in [0.05, 0.1) is 5.69 Å². The zero-order valence-corrected chi connectivity index (χ0v) is 19.8. The van der Waals surface area contributed by atoms with Crippen LogP contribution in [0.3, 0.4) is 0 Å². The molecule has 1 aliphatic heterocycles. The molecule has 4 nitrogen and oxygen atoms in total. The van der Waals surface area contributed by atoms with Crippen molar-refractivity contribution in [3.8, 4) is 0 Å². The number of anilines is 2. The van der Waals surface area contributed by atoms with Gasteiger partial charge in [0.2, 0.25) is 0 Å². The summed E-state index contributed by atoms with van der Waals surface area (Å²) >= 11 is 0. The smallest absolute Gasteiger partial charge is 0.154 e. The standard InChI is InChI=1S/C27H33FN4/c1-19-20(2)26(30-29-25(19)18-21-6-10-23(28)11-7-21)32-16-14-31(15-17-32)24-12-8-22(9-13-24)27(3,4)5/h6-13H,14-18H2,1-5H3. The molecule has 0 amide bonds. The van der Waals surface area contributed by atoms with Crippen molar-refractivity contribution in [2.75, 3.05) is 36.0 Å². The highest BCUT2D eigenvalue weighted by molar-refractivity contribution is 5.54. The quantitative estimate of drug-likeness (QED) is 0.549. The number of nitrogens with zero attached hydrogens (tertiary/aromatic N) is 4. The lowest BCUT2D eigenvalue weighted by Gasteiger charge is -2.37. The van der Waals surface area contributed by atoms with Crippen molar-refractivity contribution in [2.45, 2.75) is 46.5 Å². The molecule has 168 valence electrons. The van der Waals surface area contributed by atoms with E-state index in [0.29, 0.717) is 6.42 Å². The summed E-state index contributed by atoms with van der Waals surface area (Å²) < 4.78 is 13.2. The lowest BCUT2D eigenvalue weighted by molar-refractivity contribution is 0.589. The summed E-state index contributed by atoms with van der Waals surface area (Å²) in [5, 5.41) is 9.14. The molecule has 0 radical (unpaired) electrons. The van der Waals surface area contributed by atoms with E-state index in [1.165, 1.54) is 34.5 Å². The highest BCUT2D eigenvalue weighted by Crippen LogP contribution is 2.27. The van der Waals surface area contributed by atoms with E-state index < -0.39 is 0 Å². The van der Waals surface area contributed by atoms with Gasteiger partial charge in [0.15, 0.2) is 5.82 Å². The molecule has 0 aliphatic carbocycles. The largest absolute Gasteiger partial charge is 0.368 e. The monoisotopic (exact) mass is 432 g/mol. The van der Waals surface area contributed by atoms with Crippen molar-refractivity contribution >= 4 is 11.5 Å². The molecule has 1 aliphatic rings. The highest BCUT2D eigenvalue weighted by Gasteiger charge is 2.22. The molecule has 1 aromatic heterocycles. The van der Waals surface area contributed by atoms with Crippen LogP contribution in [0.15, 0.2) is 48.5 Å². The van der Waals surface area contributed by atoms with Gasteiger partial charge in [-0.1, -0.05) is 45.0 Å². The molecular weight excluding hydrogens is 399 g/mol. The van der Waals surface area contributed by atoms with E-state index in [4.69, 9.17) is 0 Å². The molecule has 4 rings (SSSR count). The normalized spacial score (nSPS) is 14.7. The molecule has 0 N–H and O–H groups in total. The molecule has 3 aromatic rings. The molecule has 5 heteroatoms. The fourth-order valence-corrected chi connectivity index (χ4v) is 4.25. The van der Waals surface area contributed by atoms with E-state index in [1.54, 1.807) is 0 Å². The van der Waals surface area contributed by atoms with Gasteiger partial charge in [-0.05, 0) is 65.8 Å². The maximum Gasteiger partial charge on any atom is 0.154 e. The van der Waals surface area contributed by atoms with Crippen LogP contribution in [0, 0.1) is 19.7 Å². The van der Waals surface area contributed by atoms with Crippen molar-refractivity contribution in [3.05, 3.63) is 82.3 Å². The summed E-state index contributed by atoms with van der Waals surface area (Å²) in [5.41, 5.74) is 7.17. The Labute approximate surface area is 191 Å². The van der Waals surface area contributed by atoms with Crippen molar-refractivity contribution < 1.29 is 4.39 Å². The second-order valence-electron chi connectivity index (χ2n) is 9.79. The van der Waals surface area contributed by atoms with Crippen LogP contribution < -0.4 is 9.80 Å². The van der Waals surface area contributed by atoms with Crippen LogP contribution in [-0.4, -0.2) is 36.4 Å². The second-order valence-corrected chi connectivity index (χ2v) is 9.79. The third-order valence-electron chi connectivity index (χ3n) is 6.56. The lowest BCUT2D eigenvalue weighted by Crippen LogP contribution is -2.47. The molecule has 0 bridgehead atoms. The van der Waals surface area contributed by atoms with E-state index in [-0.39, 0.29) is 11.2 Å². The average Bonchev–Trinajstić information content (AvgIpc) is 2.78. The van der Waals surface area contributed by atoms with Crippen molar-refractivity contribution in [3.63, 3.8) is 0 Å². The van der Waals surface area contributed by atoms with Gasteiger partial charge in [0.25, 0.3) is 0 Å². The third kappa shape index (κ3) is 4.77. The summed E-state index contributed by atoms with van der Waals surface area (Å²) in [6.45, 7) is 14.8. The SMILES string of the molecule is Cc1c(Cc2ccc(F)cc2)nnc(N2CCN(c3ccc(C(C)(C)C)cc3)CC2)c1C. The first-order valence-corrected chi connectivity index (χ1v) is 11.4. The molecule has 32 heavy (non-hydrogen) atoms. The zero-order valence-electron chi connectivity index (χ0n) is 19.8. The zero-order chi connectivity index (χ0) is 22.9. The minimum absolute atomic E-state index is 0.175. The molecule has 0 unspecified atom stereocenters. The third-order valence-corrected chi connectivity index (χ3v) is 6.56. The lowest BCUT2D eigenvalue weighted by atomic mass is 9.87. The number of benzene rings is 2. The number of hydrogen-bond acceptors (Lipinski definition) is 4. The summed E-state index contributed by atoms with van der Waals surface area (Å²) in [4.78, 5) is 4.79. The fraction of sp³-hybridized carbons (Fsp3) is 0.407. The van der Waals surface area contributed by atoms with Gasteiger partial charge in [-0.2, -0.15) is 5.10 Å². The van der Waals surface area contributed by atoms with E-state index >= 15 is 0 Å². The Morgan fingerprint density at radius 1 is 0.781 bits per heavy atom. The predicted molar refractivity (Wildman–Crippen MR) is 130 cm³/mol. The van der Waals surface area contributed by atoms with Crippen molar-refractivity contribution in [2.24, 2.45) is 0 Å². The first-order valence-electron chi connectivity index (χ1n) is 11.4. The van der Waals surface area contributed by atoms with Crippen LogP contribution in [0.1, 0.15) is 48.7 Å². The average molecular weight is 433 g/mol. The van der Waals surface area contributed by atoms with Crippen LogP contribution in [0.5, 0.6) is 0 Å².